The molecule has 0 amide bonds. The van der Waals surface area contributed by atoms with Crippen LogP contribution in [-0.4, -0.2) is 28.9 Å². The molecule has 0 bridgehead atoms. The van der Waals surface area contributed by atoms with Crippen LogP contribution >= 0.6 is 0 Å². The summed E-state index contributed by atoms with van der Waals surface area (Å²) in [4.78, 5) is 12.7. The Morgan fingerprint density at radius 1 is 0.812 bits per heavy atom. The monoisotopic (exact) mass is 453 g/mol. The van der Waals surface area contributed by atoms with Crippen LogP contribution in [0.2, 0.25) is 0 Å². The lowest BCUT2D eigenvalue weighted by Gasteiger charge is -2.34. The molecule has 0 aromatic rings. The molecule has 1 aliphatic rings. The van der Waals surface area contributed by atoms with Gasteiger partial charge in [0, 0.05) is 11.1 Å². The first-order valence-electron chi connectivity index (χ1n) is 13.7. The van der Waals surface area contributed by atoms with E-state index in [0.29, 0.717) is 5.92 Å². The second-order valence-corrected chi connectivity index (χ2v) is 11.5. The van der Waals surface area contributed by atoms with Gasteiger partial charge in [-0.25, -0.2) is 0 Å². The van der Waals surface area contributed by atoms with Crippen LogP contribution in [0.1, 0.15) is 138 Å². The highest BCUT2D eigenvalue weighted by Crippen LogP contribution is 2.46. The summed E-state index contributed by atoms with van der Waals surface area (Å²) in [5, 5.41) is 12.9. The van der Waals surface area contributed by atoms with Crippen molar-refractivity contribution in [2.45, 2.75) is 149 Å². The zero-order valence-corrected chi connectivity index (χ0v) is 22.3. The molecule has 1 rings (SSSR count). The van der Waals surface area contributed by atoms with Crippen LogP contribution in [0.15, 0.2) is 0 Å². The summed E-state index contributed by atoms with van der Waals surface area (Å²) in [6.07, 6.45) is 19.6. The maximum absolute atomic E-state index is 12.7. The topological polar surface area (TPSA) is 58.6 Å². The number of carbonyl (C=O) groups excluding carboxylic acids is 1. The van der Waals surface area contributed by atoms with Crippen molar-refractivity contribution in [2.24, 2.45) is 17.8 Å². The fraction of sp³-hybridized carbons (Fsp3) is 0.964. The Hall–Kier alpha value is -0.610. The summed E-state index contributed by atoms with van der Waals surface area (Å²) in [7, 11) is 0. The van der Waals surface area contributed by atoms with E-state index in [4.69, 9.17) is 9.84 Å². The Morgan fingerprint density at radius 3 is 1.62 bits per heavy atom. The quantitative estimate of drug-likeness (QED) is 0.129. The van der Waals surface area contributed by atoms with E-state index in [9.17, 15) is 4.79 Å². The Balaban J connectivity index is 2.27. The van der Waals surface area contributed by atoms with Gasteiger partial charge in [0.2, 0.25) is 0 Å². The number of ether oxygens (including phenoxy) is 1. The van der Waals surface area contributed by atoms with Gasteiger partial charge < -0.3 is 15.2 Å². The van der Waals surface area contributed by atoms with Gasteiger partial charge in [-0.05, 0) is 46.0 Å². The molecule has 4 nitrogen and oxygen atoms in total. The molecule has 3 unspecified atom stereocenters. The molecule has 0 radical (unpaired) electrons. The van der Waals surface area contributed by atoms with Crippen molar-refractivity contribution in [1.29, 1.82) is 0 Å². The van der Waals surface area contributed by atoms with Gasteiger partial charge in [-0.2, -0.15) is 0 Å². The first-order valence-corrected chi connectivity index (χ1v) is 13.7. The van der Waals surface area contributed by atoms with Crippen LogP contribution < -0.4 is 5.32 Å². The smallest absolute Gasteiger partial charge is 0.311 e. The number of nitrogens with one attached hydrogen (secondary N) is 1. The van der Waals surface area contributed by atoms with Crippen LogP contribution in [0.3, 0.4) is 0 Å². The standard InChI is InChI=1S/C28H55NO3/c1-7-8-9-10-11-12-13-14-15-16-17-18-19-20-21-24(26(31)32-22-30)25-23(2)27(3,4)29-28(25,5)6/h23-25,29-30H,7-22H2,1-6H3. The SMILES string of the molecule is CCCCCCCCCCCCCCCCC(C(=O)OCO)C1C(C)C(C)(C)NC1(C)C. The van der Waals surface area contributed by atoms with E-state index in [2.05, 4.69) is 46.9 Å². The predicted molar refractivity (Wildman–Crippen MR) is 136 cm³/mol. The Labute approximate surface area is 199 Å². The molecule has 4 heteroatoms. The Kier molecular flexibility index (Phi) is 14.1. The van der Waals surface area contributed by atoms with Gasteiger partial charge in [-0.3, -0.25) is 4.79 Å². The molecule has 0 aromatic carbocycles. The molecular weight excluding hydrogens is 398 g/mol. The van der Waals surface area contributed by atoms with E-state index < -0.39 is 6.79 Å². The number of carbonyl (C=O) groups is 1. The largest absolute Gasteiger partial charge is 0.438 e. The van der Waals surface area contributed by atoms with Gasteiger partial charge in [0.15, 0.2) is 6.79 Å². The molecule has 0 aliphatic carbocycles. The summed E-state index contributed by atoms with van der Waals surface area (Å²) in [5.74, 6) is 0.185. The summed E-state index contributed by atoms with van der Waals surface area (Å²) < 4.78 is 5.08. The summed E-state index contributed by atoms with van der Waals surface area (Å²) >= 11 is 0. The Bertz CT molecular complexity index is 503. The van der Waals surface area contributed by atoms with E-state index in [1.807, 2.05) is 0 Å². The fourth-order valence-corrected chi connectivity index (χ4v) is 6.13. The molecule has 1 saturated heterocycles. The minimum atomic E-state index is -0.521. The predicted octanol–water partition coefficient (Wildman–Crippen LogP) is 7.38. The molecule has 1 aliphatic heterocycles. The van der Waals surface area contributed by atoms with Crippen molar-refractivity contribution in [3.63, 3.8) is 0 Å². The van der Waals surface area contributed by atoms with Crippen LogP contribution in [0.4, 0.5) is 0 Å². The van der Waals surface area contributed by atoms with Gasteiger partial charge in [-0.1, -0.05) is 104 Å². The van der Waals surface area contributed by atoms with Crippen LogP contribution in [0.5, 0.6) is 0 Å². The average molecular weight is 454 g/mol. The highest BCUT2D eigenvalue weighted by molar-refractivity contribution is 5.73. The molecule has 32 heavy (non-hydrogen) atoms. The maximum atomic E-state index is 12.7. The highest BCUT2D eigenvalue weighted by atomic mass is 16.6. The lowest BCUT2D eigenvalue weighted by Crippen LogP contribution is -2.47. The van der Waals surface area contributed by atoms with Crippen molar-refractivity contribution in [3.05, 3.63) is 0 Å². The minimum Gasteiger partial charge on any atom is -0.438 e. The van der Waals surface area contributed by atoms with Gasteiger partial charge in [0.1, 0.15) is 0 Å². The van der Waals surface area contributed by atoms with Crippen LogP contribution in [0.25, 0.3) is 0 Å². The minimum absolute atomic E-state index is 0.0125. The summed E-state index contributed by atoms with van der Waals surface area (Å²) in [6.45, 7) is 12.9. The van der Waals surface area contributed by atoms with E-state index in [-0.39, 0.29) is 28.9 Å². The van der Waals surface area contributed by atoms with E-state index in [1.165, 1.54) is 83.5 Å². The normalized spacial score (nSPS) is 22.7. The second kappa shape index (κ2) is 15.3. The van der Waals surface area contributed by atoms with Gasteiger partial charge in [0.25, 0.3) is 0 Å². The maximum Gasteiger partial charge on any atom is 0.311 e. The zero-order valence-electron chi connectivity index (χ0n) is 22.3. The average Bonchev–Trinajstić information content (AvgIpc) is 2.88. The third-order valence-electron chi connectivity index (χ3n) is 7.97. The lowest BCUT2D eigenvalue weighted by atomic mass is 9.69. The molecular formula is C28H55NO3. The summed E-state index contributed by atoms with van der Waals surface area (Å²) in [5.41, 5.74) is -0.139. The second-order valence-electron chi connectivity index (χ2n) is 11.5. The number of aliphatic hydroxyl groups is 1. The van der Waals surface area contributed by atoms with Crippen LogP contribution in [0, 0.1) is 17.8 Å². The molecule has 190 valence electrons. The molecule has 3 atom stereocenters. The number of hydrogen-bond acceptors (Lipinski definition) is 4. The number of hydrogen-bond donors (Lipinski definition) is 2. The van der Waals surface area contributed by atoms with E-state index in [1.54, 1.807) is 0 Å². The lowest BCUT2D eigenvalue weighted by molar-refractivity contribution is -0.160. The first-order chi connectivity index (χ1) is 15.2. The third kappa shape index (κ3) is 10.1. The molecule has 2 N–H and O–H groups in total. The fourth-order valence-electron chi connectivity index (χ4n) is 6.13. The van der Waals surface area contributed by atoms with Gasteiger partial charge >= 0.3 is 5.97 Å². The number of aliphatic hydroxyl groups excluding tert-OH is 1. The van der Waals surface area contributed by atoms with Crippen molar-refractivity contribution in [2.75, 3.05) is 6.79 Å². The summed E-state index contributed by atoms with van der Waals surface area (Å²) in [6, 6.07) is 0. The van der Waals surface area contributed by atoms with E-state index in [0.717, 1.165) is 12.8 Å². The van der Waals surface area contributed by atoms with E-state index >= 15 is 0 Å². The van der Waals surface area contributed by atoms with Crippen molar-refractivity contribution < 1.29 is 14.6 Å². The van der Waals surface area contributed by atoms with Crippen LogP contribution in [-0.2, 0) is 9.53 Å². The third-order valence-corrected chi connectivity index (χ3v) is 7.97. The molecule has 0 saturated carbocycles. The van der Waals surface area contributed by atoms with Gasteiger partial charge in [-0.15, -0.1) is 0 Å². The van der Waals surface area contributed by atoms with Crippen molar-refractivity contribution in [3.8, 4) is 0 Å². The number of rotatable bonds is 18. The van der Waals surface area contributed by atoms with Gasteiger partial charge in [0.05, 0.1) is 5.92 Å². The molecule has 1 heterocycles. The Morgan fingerprint density at radius 2 is 1.25 bits per heavy atom. The highest BCUT2D eigenvalue weighted by Gasteiger charge is 2.54. The zero-order chi connectivity index (χ0) is 24.0. The van der Waals surface area contributed by atoms with Crippen molar-refractivity contribution >= 4 is 5.97 Å². The van der Waals surface area contributed by atoms with Crippen molar-refractivity contribution in [1.82, 2.24) is 5.32 Å². The molecule has 0 spiro atoms. The number of unbranched alkanes of at least 4 members (excludes halogenated alkanes) is 13. The first kappa shape index (κ1) is 29.4. The molecule has 0 aromatic heterocycles. The number of esters is 1. The molecule has 1 fully saturated rings.